The Kier molecular flexibility index (Phi) is 5.60. The third-order valence-corrected chi connectivity index (χ3v) is 5.01. The predicted molar refractivity (Wildman–Crippen MR) is 97.9 cm³/mol. The van der Waals surface area contributed by atoms with Gasteiger partial charge in [-0.05, 0) is 31.0 Å². The Bertz CT molecular complexity index is 655. The smallest absolute Gasteiger partial charge is 0.317 e. The van der Waals surface area contributed by atoms with Gasteiger partial charge in [0.1, 0.15) is 0 Å². The second kappa shape index (κ2) is 7.47. The van der Waals surface area contributed by atoms with E-state index in [9.17, 15) is 4.79 Å². The SMILES string of the molecule is C[C@H](NC(=O)N(C)[C@@H](C)c1cccnc1)C(C)(C)c1ccccc1. The second-order valence-corrected chi connectivity index (χ2v) is 6.83. The third-order valence-electron chi connectivity index (χ3n) is 5.01. The van der Waals surface area contributed by atoms with Crippen molar-refractivity contribution in [3.05, 3.63) is 66.0 Å². The van der Waals surface area contributed by atoms with Crippen LogP contribution in [0.3, 0.4) is 0 Å². The highest BCUT2D eigenvalue weighted by Crippen LogP contribution is 2.27. The standard InChI is InChI=1S/C20H27N3O/c1-15(17-10-9-13-21-14-17)23(5)19(24)22-16(2)20(3,4)18-11-7-6-8-12-18/h6-16H,1-5H3,(H,22,24)/t15-,16-/m0/s1. The van der Waals surface area contributed by atoms with Crippen molar-refractivity contribution in [1.82, 2.24) is 15.2 Å². The normalized spacial score (nSPS) is 13.9. The minimum atomic E-state index is -0.157. The van der Waals surface area contributed by atoms with E-state index in [4.69, 9.17) is 0 Å². The largest absolute Gasteiger partial charge is 0.335 e. The monoisotopic (exact) mass is 325 g/mol. The Labute approximate surface area is 144 Å². The Morgan fingerprint density at radius 3 is 2.38 bits per heavy atom. The number of carbonyl (C=O) groups excluding carboxylic acids is 1. The van der Waals surface area contributed by atoms with Crippen LogP contribution in [0.4, 0.5) is 4.79 Å². The maximum absolute atomic E-state index is 12.6. The topological polar surface area (TPSA) is 45.2 Å². The molecule has 0 radical (unpaired) electrons. The molecule has 1 aromatic carbocycles. The van der Waals surface area contributed by atoms with Crippen molar-refractivity contribution in [3.8, 4) is 0 Å². The van der Waals surface area contributed by atoms with Crippen LogP contribution < -0.4 is 5.32 Å². The molecule has 0 aliphatic carbocycles. The highest BCUT2D eigenvalue weighted by atomic mass is 16.2. The molecule has 0 spiro atoms. The maximum atomic E-state index is 12.6. The summed E-state index contributed by atoms with van der Waals surface area (Å²) in [6, 6.07) is 14.0. The van der Waals surface area contributed by atoms with Gasteiger partial charge >= 0.3 is 6.03 Å². The summed E-state index contributed by atoms with van der Waals surface area (Å²) in [6.07, 6.45) is 3.53. The minimum Gasteiger partial charge on any atom is -0.335 e. The van der Waals surface area contributed by atoms with E-state index in [0.29, 0.717) is 0 Å². The van der Waals surface area contributed by atoms with E-state index in [2.05, 4.69) is 36.3 Å². The Morgan fingerprint density at radius 1 is 1.12 bits per heavy atom. The van der Waals surface area contributed by atoms with Gasteiger partial charge in [0.15, 0.2) is 0 Å². The van der Waals surface area contributed by atoms with Gasteiger partial charge in [0.05, 0.1) is 6.04 Å². The van der Waals surface area contributed by atoms with E-state index in [-0.39, 0.29) is 23.5 Å². The first kappa shape index (κ1) is 18.0. The van der Waals surface area contributed by atoms with Gasteiger partial charge in [-0.15, -0.1) is 0 Å². The van der Waals surface area contributed by atoms with Crippen LogP contribution in [0.1, 0.15) is 44.9 Å². The van der Waals surface area contributed by atoms with Crippen LogP contribution in [-0.4, -0.2) is 29.0 Å². The molecular formula is C20H27N3O. The lowest BCUT2D eigenvalue weighted by Crippen LogP contribution is -2.50. The van der Waals surface area contributed by atoms with Crippen LogP contribution in [-0.2, 0) is 5.41 Å². The zero-order chi connectivity index (χ0) is 17.7. The van der Waals surface area contributed by atoms with Gasteiger partial charge in [0, 0.05) is 30.9 Å². The number of carbonyl (C=O) groups is 1. The van der Waals surface area contributed by atoms with Crippen molar-refractivity contribution in [2.45, 2.75) is 45.2 Å². The lowest BCUT2D eigenvalue weighted by atomic mass is 9.78. The molecule has 1 N–H and O–H groups in total. The van der Waals surface area contributed by atoms with Gasteiger partial charge in [0.25, 0.3) is 0 Å². The number of amides is 2. The summed E-state index contributed by atoms with van der Waals surface area (Å²) in [5.41, 5.74) is 2.07. The highest BCUT2D eigenvalue weighted by Gasteiger charge is 2.30. The van der Waals surface area contributed by atoms with E-state index in [1.165, 1.54) is 5.56 Å². The molecular weight excluding hydrogens is 298 g/mol. The molecule has 4 nitrogen and oxygen atoms in total. The Balaban J connectivity index is 2.05. The Morgan fingerprint density at radius 2 is 1.79 bits per heavy atom. The van der Waals surface area contributed by atoms with Crippen LogP contribution >= 0.6 is 0 Å². The quantitative estimate of drug-likeness (QED) is 0.897. The number of rotatable bonds is 5. The summed E-state index contributed by atoms with van der Waals surface area (Å²) >= 11 is 0. The van der Waals surface area contributed by atoms with Crippen LogP contribution in [0.25, 0.3) is 0 Å². The molecule has 2 amide bonds. The number of benzene rings is 1. The molecule has 2 rings (SSSR count). The van der Waals surface area contributed by atoms with E-state index in [0.717, 1.165) is 5.56 Å². The van der Waals surface area contributed by atoms with Gasteiger partial charge in [0.2, 0.25) is 0 Å². The average Bonchev–Trinajstić information content (AvgIpc) is 2.61. The van der Waals surface area contributed by atoms with E-state index in [1.807, 2.05) is 51.2 Å². The third kappa shape index (κ3) is 3.94. The van der Waals surface area contributed by atoms with Gasteiger partial charge in [-0.2, -0.15) is 0 Å². The van der Waals surface area contributed by atoms with Crippen molar-refractivity contribution >= 4 is 6.03 Å². The molecule has 128 valence electrons. The first-order valence-corrected chi connectivity index (χ1v) is 8.32. The summed E-state index contributed by atoms with van der Waals surface area (Å²) in [5.74, 6) is 0. The summed E-state index contributed by atoms with van der Waals surface area (Å²) in [4.78, 5) is 18.5. The molecule has 1 aromatic heterocycles. The fraction of sp³-hybridized carbons (Fsp3) is 0.400. The summed E-state index contributed by atoms with van der Waals surface area (Å²) in [5, 5.41) is 3.14. The number of nitrogens with zero attached hydrogens (tertiary/aromatic N) is 2. The average molecular weight is 325 g/mol. The van der Waals surface area contributed by atoms with Crippen LogP contribution in [0.2, 0.25) is 0 Å². The molecule has 0 saturated heterocycles. The molecule has 0 aliphatic rings. The fourth-order valence-electron chi connectivity index (χ4n) is 2.61. The summed E-state index contributed by atoms with van der Waals surface area (Å²) in [7, 11) is 1.81. The number of urea groups is 1. The van der Waals surface area contributed by atoms with Crippen molar-refractivity contribution in [1.29, 1.82) is 0 Å². The summed E-state index contributed by atoms with van der Waals surface area (Å²) < 4.78 is 0. The molecule has 2 atom stereocenters. The van der Waals surface area contributed by atoms with Crippen molar-refractivity contribution in [2.24, 2.45) is 0 Å². The lowest BCUT2D eigenvalue weighted by molar-refractivity contribution is 0.185. The maximum Gasteiger partial charge on any atom is 0.317 e. The Hall–Kier alpha value is -2.36. The number of hydrogen-bond acceptors (Lipinski definition) is 2. The molecule has 1 heterocycles. The minimum absolute atomic E-state index is 0.00375. The first-order valence-electron chi connectivity index (χ1n) is 8.32. The molecule has 0 aliphatic heterocycles. The molecule has 24 heavy (non-hydrogen) atoms. The predicted octanol–water partition coefficient (Wildman–Crippen LogP) is 4.15. The molecule has 0 fully saturated rings. The van der Waals surface area contributed by atoms with Gasteiger partial charge in [-0.25, -0.2) is 4.79 Å². The van der Waals surface area contributed by atoms with Gasteiger partial charge < -0.3 is 10.2 Å². The molecule has 4 heteroatoms. The second-order valence-electron chi connectivity index (χ2n) is 6.83. The van der Waals surface area contributed by atoms with Gasteiger partial charge in [-0.1, -0.05) is 50.2 Å². The molecule has 0 unspecified atom stereocenters. The molecule has 2 aromatic rings. The van der Waals surface area contributed by atoms with Crippen molar-refractivity contribution in [3.63, 3.8) is 0 Å². The zero-order valence-electron chi connectivity index (χ0n) is 15.2. The molecule has 0 saturated carbocycles. The first-order chi connectivity index (χ1) is 11.3. The van der Waals surface area contributed by atoms with Crippen LogP contribution in [0.15, 0.2) is 54.9 Å². The highest BCUT2D eigenvalue weighted by molar-refractivity contribution is 5.75. The van der Waals surface area contributed by atoms with E-state index < -0.39 is 0 Å². The fourth-order valence-corrected chi connectivity index (χ4v) is 2.61. The van der Waals surface area contributed by atoms with E-state index >= 15 is 0 Å². The molecule has 0 bridgehead atoms. The van der Waals surface area contributed by atoms with Crippen LogP contribution in [0.5, 0.6) is 0 Å². The van der Waals surface area contributed by atoms with Crippen molar-refractivity contribution in [2.75, 3.05) is 7.05 Å². The summed E-state index contributed by atoms with van der Waals surface area (Å²) in [6.45, 7) is 8.35. The number of pyridine rings is 1. The number of hydrogen-bond donors (Lipinski definition) is 1. The van der Waals surface area contributed by atoms with E-state index in [1.54, 1.807) is 17.3 Å². The lowest BCUT2D eigenvalue weighted by Gasteiger charge is -2.35. The van der Waals surface area contributed by atoms with Gasteiger partial charge in [-0.3, -0.25) is 4.98 Å². The van der Waals surface area contributed by atoms with Crippen LogP contribution in [0, 0.1) is 0 Å². The number of nitrogens with one attached hydrogen (secondary N) is 1. The number of aromatic nitrogens is 1. The zero-order valence-corrected chi connectivity index (χ0v) is 15.2. The van der Waals surface area contributed by atoms with Crippen molar-refractivity contribution < 1.29 is 4.79 Å².